The lowest BCUT2D eigenvalue weighted by atomic mass is 10.0. The Morgan fingerprint density at radius 3 is 2.48 bits per heavy atom. The first-order valence-electron chi connectivity index (χ1n) is 10.0. The van der Waals surface area contributed by atoms with Crippen LogP contribution in [0.15, 0.2) is 46.1 Å². The van der Waals surface area contributed by atoms with Crippen LogP contribution in [0.3, 0.4) is 0 Å². The van der Waals surface area contributed by atoms with E-state index in [-0.39, 0.29) is 0 Å². The van der Waals surface area contributed by atoms with Crippen molar-refractivity contribution in [2.45, 2.75) is 45.2 Å². The molecule has 1 aromatic carbocycles. The highest BCUT2D eigenvalue weighted by molar-refractivity contribution is 7.07. The summed E-state index contributed by atoms with van der Waals surface area (Å²) in [5.74, 6) is 0.927. The number of nitrogens with one attached hydrogen (secondary N) is 2. The Kier molecular flexibility index (Phi) is 7.72. The van der Waals surface area contributed by atoms with Crippen LogP contribution in [0.4, 0.5) is 0 Å². The van der Waals surface area contributed by atoms with Crippen LogP contribution < -0.4 is 10.6 Å². The van der Waals surface area contributed by atoms with E-state index in [2.05, 4.69) is 68.5 Å². The van der Waals surface area contributed by atoms with Crippen LogP contribution in [0.2, 0.25) is 0 Å². The molecule has 1 saturated heterocycles. The maximum absolute atomic E-state index is 4.40. The molecule has 4 nitrogen and oxygen atoms in total. The van der Waals surface area contributed by atoms with Gasteiger partial charge in [0.15, 0.2) is 5.96 Å². The fraction of sp³-hybridized carbons (Fsp3) is 0.500. The number of piperidine rings is 1. The zero-order valence-corrected chi connectivity index (χ0v) is 17.4. The standard InChI is InChI=1S/C22H32N4S/c1-3-18-4-6-19(7-5-18)8-12-24-22(23-2)25-21-9-13-26(14-10-21)16-20-11-15-27-17-20/h4-7,11,15,17,21H,3,8-10,12-14,16H2,1-2H3,(H2,23,24,25). The molecule has 0 amide bonds. The number of likely N-dealkylation sites (tertiary alicyclic amines) is 1. The molecule has 27 heavy (non-hydrogen) atoms. The van der Waals surface area contributed by atoms with Gasteiger partial charge in [0.05, 0.1) is 0 Å². The molecule has 1 aliphatic rings. The first-order valence-corrected chi connectivity index (χ1v) is 11.0. The summed E-state index contributed by atoms with van der Waals surface area (Å²) < 4.78 is 0. The van der Waals surface area contributed by atoms with E-state index < -0.39 is 0 Å². The first kappa shape index (κ1) is 19.9. The molecule has 146 valence electrons. The average molecular weight is 385 g/mol. The molecule has 1 fully saturated rings. The number of nitrogens with zero attached hydrogens (tertiary/aromatic N) is 2. The van der Waals surface area contributed by atoms with Gasteiger partial charge >= 0.3 is 0 Å². The number of aliphatic imine (C=N–C) groups is 1. The molecule has 2 heterocycles. The second-order valence-electron chi connectivity index (χ2n) is 7.25. The molecule has 2 N–H and O–H groups in total. The predicted molar refractivity (Wildman–Crippen MR) is 117 cm³/mol. The lowest BCUT2D eigenvalue weighted by molar-refractivity contribution is 0.198. The second-order valence-corrected chi connectivity index (χ2v) is 8.03. The number of benzene rings is 1. The van der Waals surface area contributed by atoms with Gasteiger partial charge in [-0.1, -0.05) is 31.2 Å². The molecule has 0 radical (unpaired) electrons. The summed E-state index contributed by atoms with van der Waals surface area (Å²) in [6, 6.07) is 11.7. The zero-order chi connectivity index (χ0) is 18.9. The molecule has 0 saturated carbocycles. The third-order valence-corrected chi connectivity index (χ3v) is 6.01. The van der Waals surface area contributed by atoms with E-state index in [1.54, 1.807) is 11.3 Å². The molecular formula is C22H32N4S. The van der Waals surface area contributed by atoms with Crippen molar-refractivity contribution in [2.24, 2.45) is 4.99 Å². The largest absolute Gasteiger partial charge is 0.356 e. The summed E-state index contributed by atoms with van der Waals surface area (Å²) in [4.78, 5) is 6.95. The Labute approximate surface area is 167 Å². The van der Waals surface area contributed by atoms with Gasteiger partial charge in [-0.15, -0.1) is 0 Å². The van der Waals surface area contributed by atoms with Gasteiger partial charge in [0.25, 0.3) is 0 Å². The van der Waals surface area contributed by atoms with Crippen molar-refractivity contribution >= 4 is 17.3 Å². The summed E-state index contributed by atoms with van der Waals surface area (Å²) in [5.41, 5.74) is 4.21. The third kappa shape index (κ3) is 6.36. The number of hydrogen-bond acceptors (Lipinski definition) is 3. The summed E-state index contributed by atoms with van der Waals surface area (Å²) in [7, 11) is 1.86. The Hall–Kier alpha value is -1.85. The van der Waals surface area contributed by atoms with Gasteiger partial charge < -0.3 is 10.6 Å². The molecule has 5 heteroatoms. The molecule has 1 aliphatic heterocycles. The molecule has 3 rings (SSSR count). The quantitative estimate of drug-likeness (QED) is 0.565. The Morgan fingerprint density at radius 2 is 1.85 bits per heavy atom. The van der Waals surface area contributed by atoms with Gasteiger partial charge in [0, 0.05) is 39.3 Å². The Morgan fingerprint density at radius 1 is 1.11 bits per heavy atom. The van der Waals surface area contributed by atoms with Crippen LogP contribution in [0.5, 0.6) is 0 Å². The molecule has 0 spiro atoms. The van der Waals surface area contributed by atoms with Crippen molar-refractivity contribution in [3.63, 3.8) is 0 Å². The number of guanidine groups is 1. The van der Waals surface area contributed by atoms with Crippen LogP contribution >= 0.6 is 11.3 Å². The average Bonchev–Trinajstić information content (AvgIpc) is 3.22. The zero-order valence-electron chi connectivity index (χ0n) is 16.6. The highest BCUT2D eigenvalue weighted by atomic mass is 32.1. The van der Waals surface area contributed by atoms with Crippen LogP contribution in [-0.4, -0.2) is 43.6 Å². The lowest BCUT2D eigenvalue weighted by Crippen LogP contribution is -2.48. The molecule has 1 aromatic heterocycles. The minimum absolute atomic E-state index is 0.513. The maximum Gasteiger partial charge on any atom is 0.191 e. The van der Waals surface area contributed by atoms with Crippen molar-refractivity contribution in [2.75, 3.05) is 26.7 Å². The monoisotopic (exact) mass is 384 g/mol. The molecule has 0 bridgehead atoms. The molecule has 0 unspecified atom stereocenters. The summed E-state index contributed by atoms with van der Waals surface area (Å²) in [6.45, 7) is 6.48. The fourth-order valence-electron chi connectivity index (χ4n) is 3.53. The van der Waals surface area contributed by atoms with Crippen molar-refractivity contribution in [1.82, 2.24) is 15.5 Å². The number of rotatable bonds is 7. The summed E-state index contributed by atoms with van der Waals surface area (Å²) in [6.07, 6.45) is 4.46. The van der Waals surface area contributed by atoms with Gasteiger partial charge in [-0.25, -0.2) is 0 Å². The molecule has 0 atom stereocenters. The maximum atomic E-state index is 4.40. The number of aryl methyl sites for hydroxylation is 1. The van der Waals surface area contributed by atoms with Crippen LogP contribution in [0, 0.1) is 0 Å². The predicted octanol–water partition coefficient (Wildman–Crippen LogP) is 3.68. The number of thiophene rings is 1. The van der Waals surface area contributed by atoms with E-state index >= 15 is 0 Å². The Balaban J connectivity index is 1.36. The fourth-order valence-corrected chi connectivity index (χ4v) is 4.19. The van der Waals surface area contributed by atoms with Crippen LogP contribution in [0.25, 0.3) is 0 Å². The van der Waals surface area contributed by atoms with Gasteiger partial charge in [-0.2, -0.15) is 11.3 Å². The first-order chi connectivity index (χ1) is 13.3. The van der Waals surface area contributed by atoms with E-state index in [9.17, 15) is 0 Å². The molecule has 2 aromatic rings. The van der Waals surface area contributed by atoms with Crippen molar-refractivity contribution in [3.8, 4) is 0 Å². The van der Waals surface area contributed by atoms with Crippen molar-refractivity contribution in [3.05, 3.63) is 57.8 Å². The topological polar surface area (TPSA) is 39.7 Å². The van der Waals surface area contributed by atoms with Gasteiger partial charge in [-0.3, -0.25) is 9.89 Å². The molecule has 0 aliphatic carbocycles. The minimum atomic E-state index is 0.513. The van der Waals surface area contributed by atoms with Crippen LogP contribution in [-0.2, 0) is 19.4 Å². The van der Waals surface area contributed by atoms with Crippen molar-refractivity contribution in [1.29, 1.82) is 0 Å². The second kappa shape index (κ2) is 10.5. The number of hydrogen-bond donors (Lipinski definition) is 2. The third-order valence-electron chi connectivity index (χ3n) is 5.28. The minimum Gasteiger partial charge on any atom is -0.356 e. The van der Waals surface area contributed by atoms with E-state index in [0.717, 1.165) is 45.0 Å². The van der Waals surface area contributed by atoms with E-state index in [4.69, 9.17) is 0 Å². The van der Waals surface area contributed by atoms with Gasteiger partial charge in [-0.05, 0) is 59.2 Å². The van der Waals surface area contributed by atoms with Crippen LogP contribution in [0.1, 0.15) is 36.5 Å². The highest BCUT2D eigenvalue weighted by Gasteiger charge is 2.20. The summed E-state index contributed by atoms with van der Waals surface area (Å²) in [5, 5.41) is 11.5. The van der Waals surface area contributed by atoms with Crippen molar-refractivity contribution < 1.29 is 0 Å². The summed E-state index contributed by atoms with van der Waals surface area (Å²) >= 11 is 1.78. The van der Waals surface area contributed by atoms with Gasteiger partial charge in [0.1, 0.15) is 0 Å². The Bertz CT molecular complexity index is 686. The van der Waals surface area contributed by atoms with E-state index in [0.29, 0.717) is 6.04 Å². The van der Waals surface area contributed by atoms with E-state index in [1.165, 1.54) is 29.5 Å². The SMILES string of the molecule is CCc1ccc(CCNC(=NC)NC2CCN(Cc3ccsc3)CC2)cc1. The highest BCUT2D eigenvalue weighted by Crippen LogP contribution is 2.15. The van der Waals surface area contributed by atoms with Gasteiger partial charge in [0.2, 0.25) is 0 Å². The van der Waals surface area contributed by atoms with E-state index in [1.807, 2.05) is 7.05 Å². The normalized spacial score (nSPS) is 16.4. The smallest absolute Gasteiger partial charge is 0.191 e. The lowest BCUT2D eigenvalue weighted by Gasteiger charge is -2.33. The molecular weight excluding hydrogens is 352 g/mol.